The van der Waals surface area contributed by atoms with Gasteiger partial charge in [-0.05, 0) is 37.3 Å². The van der Waals surface area contributed by atoms with Crippen molar-refractivity contribution in [1.29, 1.82) is 0 Å². The highest BCUT2D eigenvalue weighted by atomic mass is 16.5. The lowest BCUT2D eigenvalue weighted by atomic mass is 9.93. The number of nitrogens with zero attached hydrogens (tertiary/aromatic N) is 1. The Balaban J connectivity index is 1.53. The lowest BCUT2D eigenvalue weighted by Gasteiger charge is -2.35. The number of hydrogen-bond acceptors (Lipinski definition) is 3. The summed E-state index contributed by atoms with van der Waals surface area (Å²) in [6.45, 7) is 4.99. The van der Waals surface area contributed by atoms with Crippen LogP contribution in [0.15, 0.2) is 24.3 Å². The highest BCUT2D eigenvalue weighted by Crippen LogP contribution is 2.28. The predicted octanol–water partition coefficient (Wildman–Crippen LogP) is 1.90. The average Bonchev–Trinajstić information content (AvgIpc) is 3.01. The Hall–Kier alpha value is -1.39. The molecule has 0 saturated carbocycles. The molecule has 1 aromatic carbocycles. The number of rotatable bonds is 4. The number of nitrogens with one attached hydrogen (secondary N) is 1. The topological polar surface area (TPSA) is 41.6 Å². The second-order valence-electron chi connectivity index (χ2n) is 5.98. The van der Waals surface area contributed by atoms with E-state index in [2.05, 4.69) is 36.5 Å². The van der Waals surface area contributed by atoms with Crippen molar-refractivity contribution < 1.29 is 9.53 Å². The lowest BCUT2D eigenvalue weighted by Crippen LogP contribution is -2.44. The Morgan fingerprint density at radius 2 is 2.29 bits per heavy atom. The van der Waals surface area contributed by atoms with Crippen LogP contribution in [0.3, 0.4) is 0 Å². The molecule has 1 fully saturated rings. The standard InChI is InChI=1S/C17H24N2O2/c1-13-16-7-3-2-5-14(16)8-9-19(13)17(20)12-18-11-15-6-4-10-21-15/h2-3,5,7,13,15,18H,4,6,8-12H2,1H3/t13-,15-/m1/s1. The van der Waals surface area contributed by atoms with Crippen molar-refractivity contribution >= 4 is 5.91 Å². The fraction of sp³-hybridized carbons (Fsp3) is 0.588. The van der Waals surface area contributed by atoms with E-state index in [1.165, 1.54) is 11.1 Å². The number of carbonyl (C=O) groups excluding carboxylic acids is 1. The van der Waals surface area contributed by atoms with Crippen LogP contribution in [-0.4, -0.2) is 43.2 Å². The first-order valence-corrected chi connectivity index (χ1v) is 7.95. The summed E-state index contributed by atoms with van der Waals surface area (Å²) in [5.41, 5.74) is 2.66. The van der Waals surface area contributed by atoms with E-state index in [1.54, 1.807) is 0 Å². The van der Waals surface area contributed by atoms with E-state index in [4.69, 9.17) is 4.74 Å². The first-order valence-electron chi connectivity index (χ1n) is 7.95. The molecular weight excluding hydrogens is 264 g/mol. The Morgan fingerprint density at radius 3 is 3.10 bits per heavy atom. The SMILES string of the molecule is C[C@@H]1c2ccccc2CCN1C(=O)CNC[C@H]1CCCO1. The maximum atomic E-state index is 12.4. The van der Waals surface area contributed by atoms with Crippen LogP contribution < -0.4 is 5.32 Å². The molecule has 1 amide bonds. The fourth-order valence-electron chi connectivity index (χ4n) is 3.36. The molecule has 2 atom stereocenters. The third-order valence-electron chi connectivity index (χ3n) is 4.59. The smallest absolute Gasteiger partial charge is 0.237 e. The number of hydrogen-bond donors (Lipinski definition) is 1. The molecule has 0 spiro atoms. The molecule has 0 bridgehead atoms. The van der Waals surface area contributed by atoms with Gasteiger partial charge in [0.05, 0.1) is 18.7 Å². The van der Waals surface area contributed by atoms with Crippen LogP contribution in [0.1, 0.15) is 36.9 Å². The van der Waals surface area contributed by atoms with E-state index in [-0.39, 0.29) is 18.1 Å². The Morgan fingerprint density at radius 1 is 1.43 bits per heavy atom. The van der Waals surface area contributed by atoms with E-state index in [1.807, 2.05) is 4.90 Å². The van der Waals surface area contributed by atoms with Gasteiger partial charge in [0.1, 0.15) is 0 Å². The maximum Gasteiger partial charge on any atom is 0.237 e. The Kier molecular flexibility index (Phi) is 4.56. The third-order valence-corrected chi connectivity index (χ3v) is 4.59. The second-order valence-corrected chi connectivity index (χ2v) is 5.98. The maximum absolute atomic E-state index is 12.4. The van der Waals surface area contributed by atoms with Crippen LogP contribution in [0, 0.1) is 0 Å². The van der Waals surface area contributed by atoms with Crippen molar-refractivity contribution in [2.24, 2.45) is 0 Å². The zero-order chi connectivity index (χ0) is 14.7. The van der Waals surface area contributed by atoms with E-state index in [0.717, 1.165) is 39.0 Å². The van der Waals surface area contributed by atoms with Crippen LogP contribution in [-0.2, 0) is 16.0 Å². The summed E-state index contributed by atoms with van der Waals surface area (Å²) < 4.78 is 5.56. The van der Waals surface area contributed by atoms with Gasteiger partial charge in [-0.15, -0.1) is 0 Å². The molecule has 4 nitrogen and oxygen atoms in total. The van der Waals surface area contributed by atoms with Gasteiger partial charge in [0.15, 0.2) is 0 Å². The van der Waals surface area contributed by atoms with Gasteiger partial charge < -0.3 is 15.0 Å². The molecule has 0 radical (unpaired) electrons. The zero-order valence-corrected chi connectivity index (χ0v) is 12.7. The van der Waals surface area contributed by atoms with Crippen molar-refractivity contribution in [1.82, 2.24) is 10.2 Å². The predicted molar refractivity (Wildman–Crippen MR) is 82.1 cm³/mol. The van der Waals surface area contributed by atoms with E-state index in [9.17, 15) is 4.79 Å². The van der Waals surface area contributed by atoms with Crippen molar-refractivity contribution in [3.05, 3.63) is 35.4 Å². The summed E-state index contributed by atoms with van der Waals surface area (Å²) in [5, 5.41) is 3.25. The van der Waals surface area contributed by atoms with Crippen LogP contribution in [0.25, 0.3) is 0 Å². The molecule has 3 rings (SSSR count). The van der Waals surface area contributed by atoms with Gasteiger partial charge in [0, 0.05) is 19.7 Å². The lowest BCUT2D eigenvalue weighted by molar-refractivity contribution is -0.132. The third kappa shape index (κ3) is 3.27. The van der Waals surface area contributed by atoms with Gasteiger partial charge in [-0.2, -0.15) is 0 Å². The van der Waals surface area contributed by atoms with Gasteiger partial charge in [-0.25, -0.2) is 0 Å². The van der Waals surface area contributed by atoms with Crippen LogP contribution in [0.5, 0.6) is 0 Å². The Bertz CT molecular complexity index is 497. The summed E-state index contributed by atoms with van der Waals surface area (Å²) >= 11 is 0. The van der Waals surface area contributed by atoms with E-state index < -0.39 is 0 Å². The number of carbonyl (C=O) groups is 1. The van der Waals surface area contributed by atoms with Crippen molar-refractivity contribution in [3.8, 4) is 0 Å². The summed E-state index contributed by atoms with van der Waals surface area (Å²) in [7, 11) is 0. The van der Waals surface area contributed by atoms with Gasteiger partial charge in [0.25, 0.3) is 0 Å². The molecule has 21 heavy (non-hydrogen) atoms. The molecule has 114 valence electrons. The number of amides is 1. The minimum atomic E-state index is 0.173. The van der Waals surface area contributed by atoms with Crippen LogP contribution >= 0.6 is 0 Å². The van der Waals surface area contributed by atoms with Crippen molar-refractivity contribution in [3.63, 3.8) is 0 Å². The molecule has 2 aliphatic rings. The largest absolute Gasteiger partial charge is 0.377 e. The van der Waals surface area contributed by atoms with Gasteiger partial charge in [0.2, 0.25) is 5.91 Å². The first-order chi connectivity index (χ1) is 10.3. The minimum absolute atomic E-state index is 0.173. The molecule has 0 unspecified atom stereocenters. The van der Waals surface area contributed by atoms with Crippen molar-refractivity contribution in [2.45, 2.75) is 38.3 Å². The molecule has 0 aliphatic carbocycles. The molecular formula is C17H24N2O2. The molecule has 1 aromatic rings. The number of ether oxygens (including phenoxy) is 1. The Labute approximate surface area is 126 Å². The molecule has 2 heterocycles. The second kappa shape index (κ2) is 6.58. The highest BCUT2D eigenvalue weighted by Gasteiger charge is 2.27. The van der Waals surface area contributed by atoms with E-state index >= 15 is 0 Å². The van der Waals surface area contributed by atoms with Crippen LogP contribution in [0.4, 0.5) is 0 Å². The summed E-state index contributed by atoms with van der Waals surface area (Å²) in [6.07, 6.45) is 3.49. The van der Waals surface area contributed by atoms with Gasteiger partial charge >= 0.3 is 0 Å². The summed E-state index contributed by atoms with van der Waals surface area (Å²) in [5.74, 6) is 0.190. The molecule has 1 saturated heterocycles. The molecule has 1 N–H and O–H groups in total. The van der Waals surface area contributed by atoms with Crippen molar-refractivity contribution in [2.75, 3.05) is 26.2 Å². The van der Waals surface area contributed by atoms with Gasteiger partial charge in [-0.1, -0.05) is 24.3 Å². The van der Waals surface area contributed by atoms with E-state index in [0.29, 0.717) is 6.54 Å². The monoisotopic (exact) mass is 288 g/mol. The number of fused-ring (bicyclic) bond motifs is 1. The summed E-state index contributed by atoms with van der Waals surface area (Å²) in [4.78, 5) is 14.4. The fourth-order valence-corrected chi connectivity index (χ4v) is 3.36. The highest BCUT2D eigenvalue weighted by molar-refractivity contribution is 5.79. The minimum Gasteiger partial charge on any atom is -0.377 e. The molecule has 2 aliphatic heterocycles. The zero-order valence-electron chi connectivity index (χ0n) is 12.7. The van der Waals surface area contributed by atoms with Crippen LogP contribution in [0.2, 0.25) is 0 Å². The quantitative estimate of drug-likeness (QED) is 0.920. The first kappa shape index (κ1) is 14.5. The molecule has 4 heteroatoms. The molecule has 0 aromatic heterocycles. The number of benzene rings is 1. The average molecular weight is 288 g/mol. The normalized spacial score (nSPS) is 24.9. The van der Waals surface area contributed by atoms with Gasteiger partial charge in [-0.3, -0.25) is 4.79 Å². The summed E-state index contributed by atoms with van der Waals surface area (Å²) in [6, 6.07) is 8.61.